The Morgan fingerprint density at radius 2 is 1.76 bits per heavy atom. The van der Waals surface area contributed by atoms with Crippen molar-refractivity contribution in [3.8, 4) is 0 Å². The van der Waals surface area contributed by atoms with Gasteiger partial charge in [-0.3, -0.25) is 0 Å². The third-order valence-corrected chi connectivity index (χ3v) is 3.35. The molecule has 0 aliphatic heterocycles. The number of thioether (sulfide) groups is 1. The van der Waals surface area contributed by atoms with Gasteiger partial charge in [-0.15, -0.1) is 5.10 Å². The lowest BCUT2D eigenvalue weighted by molar-refractivity contribution is 0.686. The number of aryl methyl sites for hydroxylation is 2. The van der Waals surface area contributed by atoms with E-state index in [1.807, 2.05) is 25.6 Å². The van der Waals surface area contributed by atoms with Crippen LogP contribution in [-0.2, 0) is 0 Å². The molecule has 0 saturated carbocycles. The highest BCUT2D eigenvalue weighted by Crippen LogP contribution is 2.06. The third kappa shape index (κ3) is 5.86. The van der Waals surface area contributed by atoms with Gasteiger partial charge in [0.25, 0.3) is 0 Å². The summed E-state index contributed by atoms with van der Waals surface area (Å²) in [5, 5.41) is 11.3. The van der Waals surface area contributed by atoms with E-state index < -0.39 is 0 Å². The Kier molecular flexibility index (Phi) is 6.93. The monoisotopic (exact) mass is 254 g/mol. The zero-order valence-corrected chi connectivity index (χ0v) is 11.8. The van der Waals surface area contributed by atoms with Crippen LogP contribution >= 0.6 is 11.8 Å². The van der Waals surface area contributed by atoms with Crippen LogP contribution in [0.3, 0.4) is 0 Å². The quantitative estimate of drug-likeness (QED) is 0.723. The van der Waals surface area contributed by atoms with Crippen LogP contribution in [0.2, 0.25) is 0 Å². The molecule has 0 bridgehead atoms. The molecule has 1 rings (SSSR count). The summed E-state index contributed by atoms with van der Waals surface area (Å²) >= 11 is 1.92. The molecule has 1 aromatic rings. The van der Waals surface area contributed by atoms with Crippen molar-refractivity contribution in [3.63, 3.8) is 0 Å². The Morgan fingerprint density at radius 3 is 2.47 bits per heavy atom. The number of aromatic nitrogens is 3. The summed E-state index contributed by atoms with van der Waals surface area (Å²) in [6.45, 7) is 4.81. The lowest BCUT2D eigenvalue weighted by Crippen LogP contribution is -2.08. The molecule has 96 valence electrons. The highest BCUT2D eigenvalue weighted by atomic mass is 32.2. The van der Waals surface area contributed by atoms with Crippen molar-refractivity contribution in [2.24, 2.45) is 0 Å². The first-order valence-electron chi connectivity index (χ1n) is 6.14. The average molecular weight is 254 g/mol. The molecule has 1 N–H and O–H groups in total. The number of nitrogens with one attached hydrogen (secondary N) is 1. The second-order valence-corrected chi connectivity index (χ2v) is 5.13. The van der Waals surface area contributed by atoms with Gasteiger partial charge >= 0.3 is 0 Å². The Labute approximate surface area is 108 Å². The highest BCUT2D eigenvalue weighted by Gasteiger charge is 1.99. The van der Waals surface area contributed by atoms with Crippen molar-refractivity contribution < 1.29 is 0 Å². The van der Waals surface area contributed by atoms with Gasteiger partial charge < -0.3 is 5.32 Å². The summed E-state index contributed by atoms with van der Waals surface area (Å²) in [6, 6.07) is 0. The summed E-state index contributed by atoms with van der Waals surface area (Å²) in [5.41, 5.74) is 1.84. The number of hydrogen-bond acceptors (Lipinski definition) is 5. The SMILES string of the molecule is CSCCCCCCNc1nnc(C)c(C)n1. The van der Waals surface area contributed by atoms with E-state index in [0.717, 1.165) is 17.9 Å². The fourth-order valence-corrected chi connectivity index (χ4v) is 1.95. The van der Waals surface area contributed by atoms with E-state index in [0.29, 0.717) is 5.95 Å². The summed E-state index contributed by atoms with van der Waals surface area (Å²) < 4.78 is 0. The minimum absolute atomic E-state index is 0.650. The highest BCUT2D eigenvalue weighted by molar-refractivity contribution is 7.98. The van der Waals surface area contributed by atoms with Crippen LogP contribution in [0.25, 0.3) is 0 Å². The zero-order valence-electron chi connectivity index (χ0n) is 11.0. The molecule has 0 aliphatic carbocycles. The normalized spacial score (nSPS) is 10.5. The van der Waals surface area contributed by atoms with Crippen LogP contribution in [0.4, 0.5) is 5.95 Å². The molecule has 0 aromatic carbocycles. The molecular formula is C12H22N4S. The van der Waals surface area contributed by atoms with E-state index in [1.165, 1.54) is 31.4 Å². The van der Waals surface area contributed by atoms with Crippen molar-refractivity contribution in [1.29, 1.82) is 0 Å². The molecule has 1 aromatic heterocycles. The third-order valence-electron chi connectivity index (χ3n) is 2.65. The molecule has 0 radical (unpaired) electrons. The summed E-state index contributed by atoms with van der Waals surface area (Å²) in [6.07, 6.45) is 7.24. The fraction of sp³-hybridized carbons (Fsp3) is 0.750. The van der Waals surface area contributed by atoms with E-state index in [-0.39, 0.29) is 0 Å². The first-order valence-corrected chi connectivity index (χ1v) is 7.54. The summed E-state index contributed by atoms with van der Waals surface area (Å²) in [4.78, 5) is 4.33. The minimum Gasteiger partial charge on any atom is -0.353 e. The van der Waals surface area contributed by atoms with E-state index in [4.69, 9.17) is 0 Å². The van der Waals surface area contributed by atoms with E-state index >= 15 is 0 Å². The topological polar surface area (TPSA) is 50.7 Å². The number of unbranched alkanes of at least 4 members (excludes halogenated alkanes) is 3. The van der Waals surface area contributed by atoms with Crippen LogP contribution in [0, 0.1) is 13.8 Å². The second kappa shape index (κ2) is 8.28. The van der Waals surface area contributed by atoms with Gasteiger partial charge in [-0.05, 0) is 38.7 Å². The van der Waals surface area contributed by atoms with Crippen LogP contribution in [0.1, 0.15) is 37.1 Å². The number of rotatable bonds is 8. The second-order valence-electron chi connectivity index (χ2n) is 4.14. The van der Waals surface area contributed by atoms with Crippen LogP contribution in [0.15, 0.2) is 0 Å². The van der Waals surface area contributed by atoms with Gasteiger partial charge in [0.2, 0.25) is 5.95 Å². The standard InChI is InChI=1S/C12H22N4S/c1-10-11(2)15-16-12(14-10)13-8-6-4-5-7-9-17-3/h4-9H2,1-3H3,(H,13,14,16). The molecule has 0 aliphatic rings. The van der Waals surface area contributed by atoms with Gasteiger partial charge in [0.1, 0.15) is 0 Å². The number of anilines is 1. The maximum Gasteiger partial charge on any atom is 0.242 e. The molecular weight excluding hydrogens is 232 g/mol. The molecule has 0 spiro atoms. The van der Waals surface area contributed by atoms with Crippen LogP contribution in [0.5, 0.6) is 0 Å². The fourth-order valence-electron chi connectivity index (χ4n) is 1.46. The maximum absolute atomic E-state index is 4.33. The molecule has 0 atom stereocenters. The van der Waals surface area contributed by atoms with Crippen LogP contribution in [-0.4, -0.2) is 33.7 Å². The van der Waals surface area contributed by atoms with Crippen molar-refractivity contribution in [1.82, 2.24) is 15.2 Å². The Balaban J connectivity index is 2.11. The minimum atomic E-state index is 0.650. The summed E-state index contributed by atoms with van der Waals surface area (Å²) in [5.74, 6) is 1.93. The number of hydrogen-bond donors (Lipinski definition) is 1. The van der Waals surface area contributed by atoms with Crippen LogP contribution < -0.4 is 5.32 Å². The summed E-state index contributed by atoms with van der Waals surface area (Å²) in [7, 11) is 0. The van der Waals surface area contributed by atoms with Crippen molar-refractivity contribution in [3.05, 3.63) is 11.4 Å². The number of nitrogens with zero attached hydrogens (tertiary/aromatic N) is 3. The van der Waals surface area contributed by atoms with Gasteiger partial charge in [0.05, 0.1) is 11.4 Å². The molecule has 17 heavy (non-hydrogen) atoms. The average Bonchev–Trinajstić information content (AvgIpc) is 2.32. The zero-order chi connectivity index (χ0) is 12.5. The predicted octanol–water partition coefficient (Wildman–Crippen LogP) is 2.82. The Hall–Kier alpha value is -0.840. The molecule has 1 heterocycles. The van der Waals surface area contributed by atoms with Crippen molar-refractivity contribution in [2.75, 3.05) is 23.9 Å². The smallest absolute Gasteiger partial charge is 0.242 e. The molecule has 0 saturated heterocycles. The predicted molar refractivity (Wildman–Crippen MR) is 74.6 cm³/mol. The molecule has 0 fully saturated rings. The van der Waals surface area contributed by atoms with Gasteiger partial charge in [0, 0.05) is 6.54 Å². The van der Waals surface area contributed by atoms with Gasteiger partial charge in [-0.2, -0.15) is 16.9 Å². The van der Waals surface area contributed by atoms with Gasteiger partial charge in [-0.25, -0.2) is 4.98 Å². The first-order chi connectivity index (χ1) is 8.24. The van der Waals surface area contributed by atoms with Gasteiger partial charge in [-0.1, -0.05) is 12.8 Å². The molecule has 5 heteroatoms. The van der Waals surface area contributed by atoms with Crippen molar-refractivity contribution in [2.45, 2.75) is 39.5 Å². The maximum atomic E-state index is 4.33. The largest absolute Gasteiger partial charge is 0.353 e. The molecule has 4 nitrogen and oxygen atoms in total. The lowest BCUT2D eigenvalue weighted by Gasteiger charge is -2.05. The van der Waals surface area contributed by atoms with Crippen molar-refractivity contribution >= 4 is 17.7 Å². The van der Waals surface area contributed by atoms with E-state index in [9.17, 15) is 0 Å². The van der Waals surface area contributed by atoms with E-state index in [2.05, 4.69) is 26.8 Å². The Bertz CT molecular complexity index is 330. The van der Waals surface area contributed by atoms with E-state index in [1.54, 1.807) is 0 Å². The molecule has 0 unspecified atom stereocenters. The lowest BCUT2D eigenvalue weighted by atomic mass is 10.2. The molecule has 0 amide bonds. The first kappa shape index (κ1) is 14.2. The van der Waals surface area contributed by atoms with Gasteiger partial charge in [0.15, 0.2) is 0 Å². The Morgan fingerprint density at radius 1 is 1.00 bits per heavy atom.